The lowest BCUT2D eigenvalue weighted by Crippen LogP contribution is -2.05. The predicted molar refractivity (Wildman–Crippen MR) is 73.1 cm³/mol. The van der Waals surface area contributed by atoms with Crippen LogP contribution in [0.3, 0.4) is 0 Å². The number of hydrogen-bond acceptors (Lipinski definition) is 3. The van der Waals surface area contributed by atoms with Gasteiger partial charge >= 0.3 is 5.97 Å². The molecule has 1 N–H and O–H groups in total. The van der Waals surface area contributed by atoms with Crippen LogP contribution in [0, 0.1) is 6.92 Å². The topological polar surface area (TPSA) is 68.0 Å². The van der Waals surface area contributed by atoms with Crippen molar-refractivity contribution in [1.29, 1.82) is 0 Å². The van der Waals surface area contributed by atoms with Gasteiger partial charge in [-0.1, -0.05) is 6.92 Å². The third kappa shape index (κ3) is 3.10. The van der Waals surface area contributed by atoms with E-state index in [2.05, 4.69) is 21.5 Å². The average Bonchev–Trinajstić information content (AvgIpc) is 2.71. The summed E-state index contributed by atoms with van der Waals surface area (Å²) < 4.78 is 2.11. The van der Waals surface area contributed by atoms with E-state index in [1.165, 1.54) is 0 Å². The van der Waals surface area contributed by atoms with E-state index in [0.29, 0.717) is 6.42 Å². The number of rotatable bonds is 6. The van der Waals surface area contributed by atoms with Crippen LogP contribution in [0.1, 0.15) is 37.6 Å². The van der Waals surface area contributed by atoms with Gasteiger partial charge in [-0.3, -0.25) is 4.79 Å². The van der Waals surface area contributed by atoms with Gasteiger partial charge in [0.15, 0.2) is 5.65 Å². The van der Waals surface area contributed by atoms with Crippen LogP contribution in [-0.2, 0) is 17.8 Å². The molecule has 2 aromatic heterocycles. The van der Waals surface area contributed by atoms with E-state index in [1.807, 2.05) is 19.2 Å². The van der Waals surface area contributed by atoms with Gasteiger partial charge in [-0.15, -0.1) is 0 Å². The Kier molecular flexibility index (Phi) is 4.14. The van der Waals surface area contributed by atoms with Gasteiger partial charge in [-0.25, -0.2) is 9.97 Å². The summed E-state index contributed by atoms with van der Waals surface area (Å²) in [6, 6.07) is 2.04. The first-order valence-corrected chi connectivity index (χ1v) is 6.65. The van der Waals surface area contributed by atoms with E-state index < -0.39 is 5.97 Å². The lowest BCUT2D eigenvalue weighted by Gasteiger charge is -2.06. The van der Waals surface area contributed by atoms with Crippen LogP contribution in [0.5, 0.6) is 0 Å². The molecule has 0 aliphatic carbocycles. The van der Waals surface area contributed by atoms with Crippen molar-refractivity contribution in [2.75, 3.05) is 0 Å². The van der Waals surface area contributed by atoms with E-state index in [0.717, 1.165) is 41.9 Å². The van der Waals surface area contributed by atoms with E-state index in [1.54, 1.807) is 0 Å². The molecule has 0 aliphatic rings. The van der Waals surface area contributed by atoms with Gasteiger partial charge < -0.3 is 9.67 Å². The van der Waals surface area contributed by atoms with Gasteiger partial charge in [-0.05, 0) is 31.4 Å². The summed E-state index contributed by atoms with van der Waals surface area (Å²) in [5.41, 5.74) is 2.93. The molecule has 0 spiro atoms. The largest absolute Gasteiger partial charge is 0.481 e. The van der Waals surface area contributed by atoms with Crippen LogP contribution in [0.15, 0.2) is 12.3 Å². The Bertz CT molecular complexity index is 590. The number of aliphatic carboxylic acids is 1. The molecule has 0 bridgehead atoms. The number of imidazole rings is 1. The van der Waals surface area contributed by atoms with Gasteiger partial charge in [0.25, 0.3) is 0 Å². The Morgan fingerprint density at radius 2 is 2.21 bits per heavy atom. The van der Waals surface area contributed by atoms with Crippen molar-refractivity contribution >= 4 is 17.1 Å². The quantitative estimate of drug-likeness (QED) is 0.811. The zero-order valence-electron chi connectivity index (χ0n) is 11.4. The number of aromatic nitrogens is 3. The zero-order chi connectivity index (χ0) is 13.8. The highest BCUT2D eigenvalue weighted by molar-refractivity contribution is 5.72. The second-order valence-electron chi connectivity index (χ2n) is 4.74. The number of nitrogens with zero attached hydrogens (tertiary/aromatic N) is 3. The molecule has 0 fully saturated rings. The molecule has 0 saturated heterocycles. The summed E-state index contributed by atoms with van der Waals surface area (Å²) in [5, 5.41) is 8.64. The van der Waals surface area contributed by atoms with E-state index in [4.69, 9.17) is 5.11 Å². The highest BCUT2D eigenvalue weighted by atomic mass is 16.4. The highest BCUT2D eigenvalue weighted by Crippen LogP contribution is 2.16. The number of fused-ring (bicyclic) bond motifs is 1. The summed E-state index contributed by atoms with van der Waals surface area (Å²) in [7, 11) is 0. The molecule has 0 saturated carbocycles. The van der Waals surface area contributed by atoms with Crippen molar-refractivity contribution in [2.24, 2.45) is 0 Å². The van der Waals surface area contributed by atoms with E-state index >= 15 is 0 Å². The Morgan fingerprint density at radius 3 is 2.89 bits per heavy atom. The molecular weight excluding hydrogens is 242 g/mol. The molecule has 2 aromatic rings. The third-order valence-electron chi connectivity index (χ3n) is 3.14. The molecule has 5 heteroatoms. The van der Waals surface area contributed by atoms with Crippen molar-refractivity contribution in [3.8, 4) is 0 Å². The maximum absolute atomic E-state index is 10.5. The molecule has 0 atom stereocenters. The average molecular weight is 261 g/mol. The minimum absolute atomic E-state index is 0.223. The number of carboxylic acids is 1. The Hall–Kier alpha value is -1.91. The molecule has 0 aromatic carbocycles. The first-order valence-electron chi connectivity index (χ1n) is 6.65. The van der Waals surface area contributed by atoms with E-state index in [9.17, 15) is 4.79 Å². The minimum atomic E-state index is -0.736. The van der Waals surface area contributed by atoms with Crippen molar-refractivity contribution in [2.45, 2.75) is 46.1 Å². The van der Waals surface area contributed by atoms with E-state index in [-0.39, 0.29) is 6.42 Å². The third-order valence-corrected chi connectivity index (χ3v) is 3.14. The van der Waals surface area contributed by atoms with Crippen LogP contribution in [-0.4, -0.2) is 25.6 Å². The SMILES string of the molecule is CCc1nc2cc(C)cnc2n1CCCCC(=O)O. The number of aryl methyl sites for hydroxylation is 3. The molecule has 5 nitrogen and oxygen atoms in total. The standard InChI is InChI=1S/C14H19N3O2/c1-3-12-16-11-8-10(2)9-15-14(11)17(12)7-5-4-6-13(18)19/h8-9H,3-7H2,1-2H3,(H,18,19). The molecular formula is C14H19N3O2. The second kappa shape index (κ2) is 5.82. The lowest BCUT2D eigenvalue weighted by atomic mass is 10.2. The van der Waals surface area contributed by atoms with Gasteiger partial charge in [-0.2, -0.15) is 0 Å². The number of unbranched alkanes of at least 4 members (excludes halogenated alkanes) is 1. The summed E-state index contributed by atoms with van der Waals surface area (Å²) in [6.07, 6.45) is 4.44. The van der Waals surface area contributed by atoms with Crippen LogP contribution in [0.4, 0.5) is 0 Å². The summed E-state index contributed by atoms with van der Waals surface area (Å²) >= 11 is 0. The van der Waals surface area contributed by atoms with Crippen molar-refractivity contribution in [3.63, 3.8) is 0 Å². The minimum Gasteiger partial charge on any atom is -0.481 e. The number of pyridine rings is 1. The fraction of sp³-hybridized carbons (Fsp3) is 0.500. The van der Waals surface area contributed by atoms with Crippen molar-refractivity contribution in [1.82, 2.24) is 14.5 Å². The molecule has 19 heavy (non-hydrogen) atoms. The van der Waals surface area contributed by atoms with Gasteiger partial charge in [0, 0.05) is 25.6 Å². The summed E-state index contributed by atoms with van der Waals surface area (Å²) in [6.45, 7) is 4.86. The first-order chi connectivity index (χ1) is 9.11. The Morgan fingerprint density at radius 1 is 1.42 bits per heavy atom. The number of carbonyl (C=O) groups is 1. The maximum Gasteiger partial charge on any atom is 0.303 e. The number of hydrogen-bond donors (Lipinski definition) is 1. The normalized spacial score (nSPS) is 11.1. The summed E-state index contributed by atoms with van der Waals surface area (Å²) in [4.78, 5) is 19.5. The molecule has 0 unspecified atom stereocenters. The van der Waals surface area contributed by atoms with Gasteiger partial charge in [0.2, 0.25) is 0 Å². The highest BCUT2D eigenvalue weighted by Gasteiger charge is 2.10. The molecule has 0 amide bonds. The molecule has 0 aliphatic heterocycles. The molecule has 102 valence electrons. The smallest absolute Gasteiger partial charge is 0.303 e. The van der Waals surface area contributed by atoms with Crippen LogP contribution in [0.25, 0.3) is 11.2 Å². The fourth-order valence-electron chi connectivity index (χ4n) is 2.21. The lowest BCUT2D eigenvalue weighted by molar-refractivity contribution is -0.137. The summed E-state index contributed by atoms with van der Waals surface area (Å²) in [5.74, 6) is 0.281. The first kappa shape index (κ1) is 13.5. The predicted octanol–water partition coefficient (Wildman–Crippen LogP) is 2.56. The van der Waals surface area contributed by atoms with Crippen LogP contribution < -0.4 is 0 Å². The van der Waals surface area contributed by atoms with Crippen LogP contribution in [0.2, 0.25) is 0 Å². The molecule has 0 radical (unpaired) electrons. The molecule has 2 heterocycles. The van der Waals surface area contributed by atoms with Crippen LogP contribution >= 0.6 is 0 Å². The second-order valence-corrected chi connectivity index (χ2v) is 4.74. The maximum atomic E-state index is 10.5. The fourth-order valence-corrected chi connectivity index (χ4v) is 2.21. The van der Waals surface area contributed by atoms with Gasteiger partial charge in [0.1, 0.15) is 11.3 Å². The molecule has 2 rings (SSSR count). The number of carboxylic acid groups (broad SMARTS) is 1. The van der Waals surface area contributed by atoms with Crippen molar-refractivity contribution < 1.29 is 9.90 Å². The monoisotopic (exact) mass is 261 g/mol. The van der Waals surface area contributed by atoms with Crippen molar-refractivity contribution in [3.05, 3.63) is 23.7 Å². The Balaban J connectivity index is 2.18. The Labute approximate surface area is 112 Å². The zero-order valence-corrected chi connectivity index (χ0v) is 11.4. The van der Waals surface area contributed by atoms with Gasteiger partial charge in [0.05, 0.1) is 0 Å².